The molecule has 0 N–H and O–H groups in total. The summed E-state index contributed by atoms with van der Waals surface area (Å²) in [5.41, 5.74) is 5.38. The zero-order valence-electron chi connectivity index (χ0n) is 12.1. The molecule has 0 aliphatic carbocycles. The molecule has 0 nitrogen and oxygen atoms in total. The van der Waals surface area contributed by atoms with Crippen molar-refractivity contribution in [3.63, 3.8) is 0 Å². The summed E-state index contributed by atoms with van der Waals surface area (Å²) in [6.07, 6.45) is 0. The van der Waals surface area contributed by atoms with Gasteiger partial charge in [-0.15, -0.1) is 0 Å². The van der Waals surface area contributed by atoms with Crippen molar-refractivity contribution in [2.24, 2.45) is 0 Å². The van der Waals surface area contributed by atoms with Gasteiger partial charge in [0.25, 0.3) is 0 Å². The van der Waals surface area contributed by atoms with E-state index in [1.165, 1.54) is 52.7 Å². The molecule has 102 valence electrons. The Labute approximate surface area is 136 Å². The zero-order valence-corrected chi connectivity index (χ0v) is 15.2. The van der Waals surface area contributed by atoms with Crippen molar-refractivity contribution in [1.29, 1.82) is 0 Å². The van der Waals surface area contributed by atoms with Crippen LogP contribution in [0.15, 0.2) is 33.2 Å². The molecule has 0 saturated carbocycles. The third-order valence-electron chi connectivity index (χ3n) is 4.43. The van der Waals surface area contributed by atoms with Gasteiger partial charge in [-0.1, -0.05) is 44.0 Å². The first-order valence-electron chi connectivity index (χ1n) is 6.69. The predicted octanol–water partition coefficient (Wildman–Crippen LogP) is 6.75. The summed E-state index contributed by atoms with van der Waals surface area (Å²) in [6.45, 7) is 8.80. The van der Waals surface area contributed by atoms with Crippen molar-refractivity contribution >= 4 is 53.4 Å². The Balaban J connectivity index is 2.66. The number of benzene rings is 3. The van der Waals surface area contributed by atoms with Crippen LogP contribution < -0.4 is 0 Å². The molecule has 0 bridgehead atoms. The molecule has 0 radical (unpaired) electrons. The zero-order chi connectivity index (χ0) is 14.6. The second-order valence-electron chi connectivity index (χ2n) is 5.48. The second kappa shape index (κ2) is 4.85. The maximum Gasteiger partial charge on any atom is 0.0213 e. The van der Waals surface area contributed by atoms with Gasteiger partial charge in [0.2, 0.25) is 0 Å². The third-order valence-corrected chi connectivity index (χ3v) is 6.07. The molecular formula is C18H16Br2. The quantitative estimate of drug-likeness (QED) is 0.371. The summed E-state index contributed by atoms with van der Waals surface area (Å²) in [7, 11) is 0. The lowest BCUT2D eigenvalue weighted by Crippen LogP contribution is -1.92. The average Bonchev–Trinajstić information content (AvgIpc) is 2.42. The molecule has 0 aromatic heterocycles. The number of aryl methyl sites for hydroxylation is 2. The summed E-state index contributed by atoms with van der Waals surface area (Å²) in [5.74, 6) is 0. The predicted molar refractivity (Wildman–Crippen MR) is 95.8 cm³/mol. The van der Waals surface area contributed by atoms with Gasteiger partial charge in [-0.05, 0) is 83.6 Å². The molecule has 0 unspecified atom stereocenters. The number of fused-ring (bicyclic) bond motifs is 3. The minimum Gasteiger partial charge on any atom is -0.0537 e. The molecule has 3 aromatic carbocycles. The lowest BCUT2D eigenvalue weighted by molar-refractivity contribution is 1.34. The highest BCUT2D eigenvalue weighted by molar-refractivity contribution is 9.10. The maximum absolute atomic E-state index is 3.67. The average molecular weight is 392 g/mol. The van der Waals surface area contributed by atoms with Gasteiger partial charge in [0.1, 0.15) is 0 Å². The lowest BCUT2D eigenvalue weighted by Gasteiger charge is -2.15. The molecular weight excluding hydrogens is 376 g/mol. The molecule has 0 atom stereocenters. The van der Waals surface area contributed by atoms with E-state index in [4.69, 9.17) is 0 Å². The van der Waals surface area contributed by atoms with Crippen molar-refractivity contribution in [2.75, 3.05) is 0 Å². The van der Waals surface area contributed by atoms with Gasteiger partial charge >= 0.3 is 0 Å². The summed E-state index contributed by atoms with van der Waals surface area (Å²) in [4.78, 5) is 0. The van der Waals surface area contributed by atoms with E-state index >= 15 is 0 Å². The third kappa shape index (κ3) is 1.93. The molecule has 0 heterocycles. The lowest BCUT2D eigenvalue weighted by atomic mass is 9.91. The fourth-order valence-corrected chi connectivity index (χ4v) is 3.99. The van der Waals surface area contributed by atoms with E-state index in [2.05, 4.69) is 83.8 Å². The number of hydrogen-bond donors (Lipinski definition) is 0. The van der Waals surface area contributed by atoms with Crippen LogP contribution in [0.2, 0.25) is 0 Å². The van der Waals surface area contributed by atoms with E-state index < -0.39 is 0 Å². The molecule has 0 saturated heterocycles. The highest BCUT2D eigenvalue weighted by atomic mass is 79.9. The molecule has 0 amide bonds. The van der Waals surface area contributed by atoms with E-state index in [0.717, 1.165) is 0 Å². The van der Waals surface area contributed by atoms with Crippen molar-refractivity contribution < 1.29 is 0 Å². The van der Waals surface area contributed by atoms with E-state index in [1.54, 1.807) is 0 Å². The Morgan fingerprint density at radius 1 is 0.600 bits per heavy atom. The van der Waals surface area contributed by atoms with Crippen LogP contribution in [0.5, 0.6) is 0 Å². The van der Waals surface area contributed by atoms with E-state index in [9.17, 15) is 0 Å². The van der Waals surface area contributed by atoms with Gasteiger partial charge in [-0.2, -0.15) is 0 Å². The molecule has 0 aliphatic heterocycles. The Bertz CT molecular complexity index is 788. The van der Waals surface area contributed by atoms with Crippen LogP contribution in [0.1, 0.15) is 22.3 Å². The normalized spacial score (nSPS) is 11.5. The topological polar surface area (TPSA) is 0 Å². The second-order valence-corrected chi connectivity index (χ2v) is 7.19. The van der Waals surface area contributed by atoms with Crippen LogP contribution in [0.25, 0.3) is 21.5 Å². The fraction of sp³-hybridized carbons (Fsp3) is 0.222. The first-order chi connectivity index (χ1) is 9.41. The molecule has 0 spiro atoms. The molecule has 0 fully saturated rings. The van der Waals surface area contributed by atoms with Gasteiger partial charge in [0.15, 0.2) is 0 Å². The van der Waals surface area contributed by atoms with Crippen LogP contribution >= 0.6 is 31.9 Å². The van der Waals surface area contributed by atoms with Gasteiger partial charge < -0.3 is 0 Å². The van der Waals surface area contributed by atoms with Crippen LogP contribution in [0, 0.1) is 27.7 Å². The van der Waals surface area contributed by atoms with Crippen molar-refractivity contribution in [3.05, 3.63) is 55.5 Å². The standard InChI is InChI=1S/C18H16Br2/c1-9-11(3)17-13(7-15(9)19)5-6-14-8-16(20)10(2)12(4)18(14)17/h5-8H,1-4H3. The van der Waals surface area contributed by atoms with Gasteiger partial charge in [-0.3, -0.25) is 0 Å². The maximum atomic E-state index is 3.67. The minimum absolute atomic E-state index is 1.19. The highest BCUT2D eigenvalue weighted by Crippen LogP contribution is 2.37. The largest absolute Gasteiger partial charge is 0.0537 e. The van der Waals surface area contributed by atoms with Crippen molar-refractivity contribution in [3.8, 4) is 0 Å². The van der Waals surface area contributed by atoms with Crippen LogP contribution in [0.4, 0.5) is 0 Å². The SMILES string of the molecule is Cc1c(Br)cc2ccc3cc(Br)c(C)c(C)c3c2c1C. The van der Waals surface area contributed by atoms with E-state index in [1.807, 2.05) is 0 Å². The summed E-state index contributed by atoms with van der Waals surface area (Å²) < 4.78 is 2.38. The monoisotopic (exact) mass is 390 g/mol. The molecule has 3 aromatic rings. The molecule has 2 heteroatoms. The summed E-state index contributed by atoms with van der Waals surface area (Å²) >= 11 is 7.34. The van der Waals surface area contributed by atoms with Gasteiger partial charge in [0.05, 0.1) is 0 Å². The molecule has 3 rings (SSSR count). The summed E-state index contributed by atoms with van der Waals surface area (Å²) in [6, 6.07) is 8.90. The van der Waals surface area contributed by atoms with Crippen molar-refractivity contribution in [2.45, 2.75) is 27.7 Å². The number of halogens is 2. The van der Waals surface area contributed by atoms with E-state index in [0.29, 0.717) is 0 Å². The number of rotatable bonds is 0. The smallest absolute Gasteiger partial charge is 0.0213 e. The van der Waals surface area contributed by atoms with Gasteiger partial charge in [0, 0.05) is 8.95 Å². The van der Waals surface area contributed by atoms with E-state index in [-0.39, 0.29) is 0 Å². The first kappa shape index (κ1) is 14.1. The Morgan fingerprint density at radius 2 is 0.950 bits per heavy atom. The first-order valence-corrected chi connectivity index (χ1v) is 8.28. The fourth-order valence-electron chi connectivity index (χ4n) is 2.91. The Kier molecular flexibility index (Phi) is 3.42. The number of hydrogen-bond acceptors (Lipinski definition) is 0. The Hall–Kier alpha value is -0.860. The minimum atomic E-state index is 1.19. The van der Waals surface area contributed by atoms with Crippen LogP contribution in [-0.2, 0) is 0 Å². The highest BCUT2D eigenvalue weighted by Gasteiger charge is 2.12. The summed E-state index contributed by atoms with van der Waals surface area (Å²) in [5, 5.41) is 5.38. The van der Waals surface area contributed by atoms with Crippen molar-refractivity contribution in [1.82, 2.24) is 0 Å². The van der Waals surface area contributed by atoms with Crippen LogP contribution in [0.3, 0.4) is 0 Å². The molecule has 0 aliphatic rings. The molecule has 20 heavy (non-hydrogen) atoms. The van der Waals surface area contributed by atoms with Gasteiger partial charge in [-0.25, -0.2) is 0 Å². The Morgan fingerprint density at radius 3 is 1.30 bits per heavy atom. The van der Waals surface area contributed by atoms with Crippen LogP contribution in [-0.4, -0.2) is 0 Å².